The largest absolute Gasteiger partial charge is 0.497 e. The van der Waals surface area contributed by atoms with Crippen LogP contribution in [0.3, 0.4) is 0 Å². The summed E-state index contributed by atoms with van der Waals surface area (Å²) < 4.78 is 5.48. The summed E-state index contributed by atoms with van der Waals surface area (Å²) in [4.78, 5) is 19.0. The Balaban J connectivity index is 1.77. The average Bonchev–Trinajstić information content (AvgIpc) is 3.30. The van der Waals surface area contributed by atoms with Crippen molar-refractivity contribution < 1.29 is 9.53 Å². The molecule has 0 bridgehead atoms. The molecule has 4 nitrogen and oxygen atoms in total. The van der Waals surface area contributed by atoms with E-state index in [0.29, 0.717) is 6.54 Å². The van der Waals surface area contributed by atoms with Crippen LogP contribution in [0.1, 0.15) is 37.3 Å². The summed E-state index contributed by atoms with van der Waals surface area (Å²) in [5, 5.41) is 1.17. The van der Waals surface area contributed by atoms with Gasteiger partial charge in [-0.15, -0.1) is 6.58 Å². The number of aromatic nitrogens is 1. The van der Waals surface area contributed by atoms with Gasteiger partial charge in [0.1, 0.15) is 5.75 Å². The predicted octanol–water partition coefficient (Wildman–Crippen LogP) is 5.78. The van der Waals surface area contributed by atoms with Crippen LogP contribution in [0.25, 0.3) is 22.2 Å². The molecule has 0 spiro atoms. The lowest BCUT2D eigenvalue weighted by Gasteiger charge is -2.28. The fourth-order valence-corrected chi connectivity index (χ4v) is 5.06. The molecule has 0 saturated carbocycles. The molecule has 1 aliphatic heterocycles. The number of carbonyl (C=O) groups is 1. The maximum atomic E-state index is 13.3. The zero-order valence-corrected chi connectivity index (χ0v) is 17.3. The van der Waals surface area contributed by atoms with Gasteiger partial charge < -0.3 is 14.6 Å². The molecular weight excluding hydrogens is 372 g/mol. The van der Waals surface area contributed by atoms with E-state index in [-0.39, 0.29) is 11.9 Å². The Hall–Kier alpha value is -3.27. The summed E-state index contributed by atoms with van der Waals surface area (Å²) in [6, 6.07) is 16.4. The summed E-state index contributed by atoms with van der Waals surface area (Å²) in [5.74, 6) is 0.997. The van der Waals surface area contributed by atoms with E-state index in [1.807, 2.05) is 29.2 Å². The molecule has 1 amide bonds. The van der Waals surface area contributed by atoms with Gasteiger partial charge in [0.2, 0.25) is 0 Å². The normalized spacial score (nSPS) is 18.8. The highest BCUT2D eigenvalue weighted by Gasteiger charge is 2.42. The van der Waals surface area contributed by atoms with Crippen LogP contribution in [0.2, 0.25) is 0 Å². The van der Waals surface area contributed by atoms with Gasteiger partial charge in [0.15, 0.2) is 0 Å². The van der Waals surface area contributed by atoms with Crippen molar-refractivity contribution in [1.29, 1.82) is 0 Å². The van der Waals surface area contributed by atoms with Crippen LogP contribution in [0.15, 0.2) is 72.3 Å². The lowest BCUT2D eigenvalue weighted by molar-refractivity contribution is -0.126. The van der Waals surface area contributed by atoms with Crippen LogP contribution in [0.5, 0.6) is 5.75 Å². The lowest BCUT2D eigenvalue weighted by atomic mass is 9.86. The Morgan fingerprint density at radius 1 is 1.17 bits per heavy atom. The van der Waals surface area contributed by atoms with Crippen molar-refractivity contribution in [2.45, 2.75) is 31.7 Å². The van der Waals surface area contributed by atoms with Crippen molar-refractivity contribution >= 4 is 16.8 Å². The van der Waals surface area contributed by atoms with Gasteiger partial charge in [-0.2, -0.15) is 0 Å². The Kier molecular flexibility index (Phi) is 4.70. The van der Waals surface area contributed by atoms with Crippen LogP contribution >= 0.6 is 0 Å². The van der Waals surface area contributed by atoms with Crippen molar-refractivity contribution in [1.82, 2.24) is 9.88 Å². The number of carbonyl (C=O) groups excluding carboxylic acids is 1. The summed E-state index contributed by atoms with van der Waals surface area (Å²) in [6.07, 6.45) is 5.94. The van der Waals surface area contributed by atoms with Crippen LogP contribution < -0.4 is 4.74 Å². The Morgan fingerprint density at radius 3 is 2.83 bits per heavy atom. The van der Waals surface area contributed by atoms with Crippen molar-refractivity contribution in [3.63, 3.8) is 0 Å². The number of hydrogen-bond acceptors (Lipinski definition) is 2. The van der Waals surface area contributed by atoms with Crippen molar-refractivity contribution in [3.8, 4) is 17.0 Å². The van der Waals surface area contributed by atoms with E-state index < -0.39 is 0 Å². The maximum absolute atomic E-state index is 13.3. The first kappa shape index (κ1) is 18.7. The lowest BCUT2D eigenvalue weighted by Crippen LogP contribution is -2.30. The molecule has 30 heavy (non-hydrogen) atoms. The molecule has 152 valence electrons. The van der Waals surface area contributed by atoms with E-state index in [9.17, 15) is 4.79 Å². The van der Waals surface area contributed by atoms with Gasteiger partial charge in [-0.25, -0.2) is 0 Å². The van der Waals surface area contributed by atoms with Crippen molar-refractivity contribution in [2.24, 2.45) is 0 Å². The monoisotopic (exact) mass is 398 g/mol. The van der Waals surface area contributed by atoms with Gasteiger partial charge in [0, 0.05) is 34.1 Å². The van der Waals surface area contributed by atoms with Gasteiger partial charge in [-0.1, -0.05) is 36.4 Å². The van der Waals surface area contributed by atoms with E-state index in [1.54, 1.807) is 7.11 Å². The standard InChI is InChI=1S/C26H26N2O2/c1-3-15-28-25(19-11-4-5-12-20(19)26(28)29)23-21-13-6-7-14-22(21)27-24(23)17-9-8-10-18(16-17)30-2/h3,6-10,13-14,16,25,27H,1,4-5,11-12,15H2,2H3. The molecule has 3 aromatic rings. The van der Waals surface area contributed by atoms with Gasteiger partial charge in [-0.3, -0.25) is 4.79 Å². The average molecular weight is 399 g/mol. The zero-order valence-electron chi connectivity index (χ0n) is 17.3. The van der Waals surface area contributed by atoms with E-state index in [4.69, 9.17) is 4.74 Å². The maximum Gasteiger partial charge on any atom is 0.250 e. The second-order valence-corrected chi connectivity index (χ2v) is 8.05. The highest BCUT2D eigenvalue weighted by molar-refractivity contribution is 6.01. The molecule has 1 unspecified atom stereocenters. The number of nitrogens with one attached hydrogen (secondary N) is 1. The number of hydrogen-bond donors (Lipinski definition) is 1. The molecule has 1 N–H and O–H groups in total. The molecule has 2 heterocycles. The van der Waals surface area contributed by atoms with Gasteiger partial charge >= 0.3 is 0 Å². The first-order valence-corrected chi connectivity index (χ1v) is 10.6. The second-order valence-electron chi connectivity index (χ2n) is 8.05. The third-order valence-corrected chi connectivity index (χ3v) is 6.38. The Morgan fingerprint density at radius 2 is 2.00 bits per heavy atom. The number of H-pyrrole nitrogens is 1. The number of aromatic amines is 1. The highest BCUT2D eigenvalue weighted by Crippen LogP contribution is 2.49. The SMILES string of the molecule is C=CCN1C(=O)C2=C(CCCC2)C1c1c(-c2cccc(OC)c2)[nH]c2ccccc12. The minimum Gasteiger partial charge on any atom is -0.497 e. The fraction of sp³-hybridized carbons (Fsp3) is 0.269. The quantitative estimate of drug-likeness (QED) is 0.554. The number of para-hydroxylation sites is 1. The number of methoxy groups -OCH3 is 1. The van der Waals surface area contributed by atoms with E-state index >= 15 is 0 Å². The first-order valence-electron chi connectivity index (χ1n) is 10.6. The topological polar surface area (TPSA) is 45.3 Å². The molecular formula is C26H26N2O2. The van der Waals surface area contributed by atoms with E-state index in [2.05, 4.69) is 41.9 Å². The molecule has 2 aromatic carbocycles. The molecule has 2 aliphatic rings. The Bertz CT molecular complexity index is 1170. The molecule has 1 aliphatic carbocycles. The zero-order chi connectivity index (χ0) is 20.7. The first-order chi connectivity index (χ1) is 14.7. The third kappa shape index (κ3) is 2.86. The van der Waals surface area contributed by atoms with Crippen LogP contribution in [-0.2, 0) is 4.79 Å². The van der Waals surface area contributed by atoms with Gasteiger partial charge in [0.25, 0.3) is 5.91 Å². The Labute approximate surface area is 176 Å². The minimum atomic E-state index is -0.0526. The molecule has 0 radical (unpaired) electrons. The summed E-state index contributed by atoms with van der Waals surface area (Å²) in [5.41, 5.74) is 6.71. The van der Waals surface area contributed by atoms with Gasteiger partial charge in [-0.05, 0) is 49.5 Å². The number of rotatable bonds is 5. The smallest absolute Gasteiger partial charge is 0.250 e. The van der Waals surface area contributed by atoms with E-state index in [0.717, 1.165) is 53.8 Å². The fourth-order valence-electron chi connectivity index (χ4n) is 5.06. The number of benzene rings is 2. The number of fused-ring (bicyclic) bond motifs is 1. The predicted molar refractivity (Wildman–Crippen MR) is 120 cm³/mol. The summed E-state index contributed by atoms with van der Waals surface area (Å²) in [6.45, 7) is 4.47. The van der Waals surface area contributed by atoms with Crippen molar-refractivity contribution in [2.75, 3.05) is 13.7 Å². The number of ether oxygens (including phenoxy) is 1. The van der Waals surface area contributed by atoms with Crippen LogP contribution in [0, 0.1) is 0 Å². The number of nitrogens with zero attached hydrogens (tertiary/aromatic N) is 1. The molecule has 4 heteroatoms. The van der Waals surface area contributed by atoms with Crippen molar-refractivity contribution in [3.05, 3.63) is 77.9 Å². The highest BCUT2D eigenvalue weighted by atomic mass is 16.5. The van der Waals surface area contributed by atoms with Gasteiger partial charge in [0.05, 0.1) is 18.8 Å². The summed E-state index contributed by atoms with van der Waals surface area (Å²) in [7, 11) is 1.69. The third-order valence-electron chi connectivity index (χ3n) is 6.38. The number of amides is 1. The second kappa shape index (κ2) is 7.52. The molecule has 0 fully saturated rings. The van der Waals surface area contributed by atoms with Crippen LogP contribution in [0.4, 0.5) is 0 Å². The van der Waals surface area contributed by atoms with Crippen LogP contribution in [-0.4, -0.2) is 29.4 Å². The molecule has 0 saturated heterocycles. The molecule has 1 atom stereocenters. The van der Waals surface area contributed by atoms with E-state index in [1.165, 1.54) is 16.5 Å². The minimum absolute atomic E-state index is 0.0526. The summed E-state index contributed by atoms with van der Waals surface area (Å²) >= 11 is 0. The molecule has 5 rings (SSSR count). The molecule has 1 aromatic heterocycles.